The number of nitrogens with one attached hydrogen (secondary N) is 1. The monoisotopic (exact) mass is 174 g/mol. The summed E-state index contributed by atoms with van der Waals surface area (Å²) < 4.78 is 0. The minimum Gasteiger partial charge on any atom is -0.395 e. The molecule has 3 heteroatoms. The van der Waals surface area contributed by atoms with Gasteiger partial charge in [0.2, 0.25) is 0 Å². The van der Waals surface area contributed by atoms with Gasteiger partial charge < -0.3 is 5.11 Å². The fourth-order valence-corrected chi connectivity index (χ4v) is 1.08. The molecule has 0 atom stereocenters. The van der Waals surface area contributed by atoms with Gasteiger partial charge in [-0.1, -0.05) is 26.7 Å². The molecular weight excluding hydrogens is 152 g/mol. The Morgan fingerprint density at radius 1 is 1.25 bits per heavy atom. The fourth-order valence-electron chi connectivity index (χ4n) is 1.08. The van der Waals surface area contributed by atoms with Crippen molar-refractivity contribution in [3.8, 4) is 0 Å². The van der Waals surface area contributed by atoms with E-state index in [-0.39, 0.29) is 6.61 Å². The van der Waals surface area contributed by atoms with E-state index in [1.165, 1.54) is 19.3 Å². The zero-order valence-corrected chi connectivity index (χ0v) is 8.34. The highest BCUT2D eigenvalue weighted by Gasteiger charge is 1.97. The third kappa shape index (κ3) is 6.58. The van der Waals surface area contributed by atoms with Crippen LogP contribution in [0.5, 0.6) is 0 Å². The van der Waals surface area contributed by atoms with Crippen LogP contribution < -0.4 is 5.43 Å². The number of unbranched alkanes of at least 4 members (excludes halogenated alkanes) is 2. The first-order valence-corrected chi connectivity index (χ1v) is 4.94. The smallest absolute Gasteiger partial charge is 0.0572 e. The predicted octanol–water partition coefficient (Wildman–Crippen LogP) is 0.995. The van der Waals surface area contributed by atoms with E-state index >= 15 is 0 Å². The molecule has 0 rings (SSSR count). The lowest BCUT2D eigenvalue weighted by atomic mass is 10.2. The molecule has 0 heterocycles. The first kappa shape index (κ1) is 11.9. The minimum absolute atomic E-state index is 0.231. The molecule has 0 aromatic rings. The Kier molecular flexibility index (Phi) is 8.88. The zero-order valence-electron chi connectivity index (χ0n) is 8.34. The number of nitrogens with zero attached hydrogens (tertiary/aromatic N) is 1. The van der Waals surface area contributed by atoms with E-state index in [1.54, 1.807) is 0 Å². The van der Waals surface area contributed by atoms with Crippen molar-refractivity contribution >= 4 is 0 Å². The maximum Gasteiger partial charge on any atom is 0.0572 e. The van der Waals surface area contributed by atoms with Crippen LogP contribution in [0.15, 0.2) is 0 Å². The van der Waals surface area contributed by atoms with E-state index < -0.39 is 0 Å². The van der Waals surface area contributed by atoms with E-state index in [4.69, 9.17) is 5.11 Å². The van der Waals surface area contributed by atoms with Crippen LogP contribution in [0.1, 0.15) is 33.1 Å². The second-order valence-electron chi connectivity index (χ2n) is 2.92. The van der Waals surface area contributed by atoms with Gasteiger partial charge in [-0.3, -0.25) is 5.43 Å². The van der Waals surface area contributed by atoms with Crippen molar-refractivity contribution in [3.63, 3.8) is 0 Å². The lowest BCUT2D eigenvalue weighted by molar-refractivity contribution is 0.149. The number of aliphatic hydroxyl groups is 1. The largest absolute Gasteiger partial charge is 0.395 e. The van der Waals surface area contributed by atoms with Crippen LogP contribution >= 0.6 is 0 Å². The topological polar surface area (TPSA) is 35.5 Å². The molecular formula is C9H22N2O. The fraction of sp³-hybridized carbons (Fsp3) is 1.00. The van der Waals surface area contributed by atoms with E-state index in [9.17, 15) is 0 Å². The van der Waals surface area contributed by atoms with E-state index in [2.05, 4.69) is 24.3 Å². The summed E-state index contributed by atoms with van der Waals surface area (Å²) in [5, 5.41) is 10.7. The van der Waals surface area contributed by atoms with Crippen molar-refractivity contribution in [2.24, 2.45) is 0 Å². The average Bonchev–Trinajstić information content (AvgIpc) is 2.10. The molecule has 0 aliphatic heterocycles. The first-order valence-electron chi connectivity index (χ1n) is 4.94. The highest BCUT2D eigenvalue weighted by molar-refractivity contribution is 4.48. The molecule has 0 bridgehead atoms. The van der Waals surface area contributed by atoms with E-state index in [1.807, 2.05) is 0 Å². The van der Waals surface area contributed by atoms with Crippen LogP contribution in [-0.4, -0.2) is 36.4 Å². The van der Waals surface area contributed by atoms with Crippen molar-refractivity contribution in [2.45, 2.75) is 33.1 Å². The first-order chi connectivity index (χ1) is 5.85. The Bertz CT molecular complexity index is 88.6. The number of aliphatic hydroxyl groups excluding tert-OH is 1. The average molecular weight is 174 g/mol. The Morgan fingerprint density at radius 3 is 2.50 bits per heavy atom. The molecule has 0 aromatic heterocycles. The maximum atomic E-state index is 8.69. The number of hydrogen-bond acceptors (Lipinski definition) is 3. The van der Waals surface area contributed by atoms with Crippen molar-refractivity contribution in [1.29, 1.82) is 0 Å². The quantitative estimate of drug-likeness (QED) is 0.425. The Hall–Kier alpha value is -0.120. The summed E-state index contributed by atoms with van der Waals surface area (Å²) in [5.74, 6) is 0. The van der Waals surface area contributed by atoms with Crippen LogP contribution in [0.25, 0.3) is 0 Å². The molecule has 0 spiro atoms. The van der Waals surface area contributed by atoms with Gasteiger partial charge in [-0.15, -0.1) is 0 Å². The number of likely N-dealkylation sites (N-methyl/N-ethyl adjacent to an activating group) is 1. The van der Waals surface area contributed by atoms with Crippen LogP contribution in [0, 0.1) is 0 Å². The lowest BCUT2D eigenvalue weighted by Gasteiger charge is -2.20. The summed E-state index contributed by atoms with van der Waals surface area (Å²) in [5.41, 5.74) is 3.28. The standard InChI is InChI=1S/C9H22N2O/c1-3-5-6-7-10-11(4-2)8-9-12/h10,12H,3-9H2,1-2H3. The molecule has 3 nitrogen and oxygen atoms in total. The molecule has 0 unspecified atom stereocenters. The molecule has 74 valence electrons. The van der Waals surface area contributed by atoms with Gasteiger partial charge in [-0.25, -0.2) is 5.01 Å². The van der Waals surface area contributed by atoms with Gasteiger partial charge in [0.1, 0.15) is 0 Å². The summed E-state index contributed by atoms with van der Waals surface area (Å²) in [6, 6.07) is 0. The molecule has 0 aliphatic rings. The van der Waals surface area contributed by atoms with E-state index in [0.717, 1.165) is 19.6 Å². The van der Waals surface area contributed by atoms with Gasteiger partial charge in [-0.05, 0) is 6.42 Å². The van der Waals surface area contributed by atoms with Gasteiger partial charge >= 0.3 is 0 Å². The van der Waals surface area contributed by atoms with Crippen molar-refractivity contribution in [3.05, 3.63) is 0 Å². The predicted molar refractivity (Wildman–Crippen MR) is 51.9 cm³/mol. The maximum absolute atomic E-state index is 8.69. The molecule has 2 N–H and O–H groups in total. The molecule has 0 aromatic carbocycles. The van der Waals surface area contributed by atoms with Crippen LogP contribution in [-0.2, 0) is 0 Å². The van der Waals surface area contributed by atoms with Gasteiger partial charge in [0, 0.05) is 19.6 Å². The molecule has 0 saturated carbocycles. The van der Waals surface area contributed by atoms with Crippen LogP contribution in [0.2, 0.25) is 0 Å². The van der Waals surface area contributed by atoms with Crippen molar-refractivity contribution < 1.29 is 5.11 Å². The van der Waals surface area contributed by atoms with Crippen LogP contribution in [0.4, 0.5) is 0 Å². The third-order valence-corrected chi connectivity index (χ3v) is 1.87. The van der Waals surface area contributed by atoms with E-state index in [0.29, 0.717) is 0 Å². The Balaban J connectivity index is 3.19. The minimum atomic E-state index is 0.231. The normalized spacial score (nSPS) is 11.0. The van der Waals surface area contributed by atoms with Gasteiger partial charge in [0.15, 0.2) is 0 Å². The molecule has 12 heavy (non-hydrogen) atoms. The number of hydrogen-bond donors (Lipinski definition) is 2. The zero-order chi connectivity index (χ0) is 9.23. The second-order valence-corrected chi connectivity index (χ2v) is 2.92. The highest BCUT2D eigenvalue weighted by Crippen LogP contribution is 1.91. The van der Waals surface area contributed by atoms with Crippen molar-refractivity contribution in [2.75, 3.05) is 26.2 Å². The number of rotatable bonds is 8. The summed E-state index contributed by atoms with van der Waals surface area (Å²) in [7, 11) is 0. The molecule has 0 amide bonds. The van der Waals surface area contributed by atoms with Gasteiger partial charge in [-0.2, -0.15) is 0 Å². The van der Waals surface area contributed by atoms with Crippen LogP contribution in [0.3, 0.4) is 0 Å². The molecule has 0 aliphatic carbocycles. The molecule has 0 fully saturated rings. The summed E-state index contributed by atoms with van der Waals surface area (Å²) >= 11 is 0. The van der Waals surface area contributed by atoms with Gasteiger partial charge in [0.25, 0.3) is 0 Å². The molecule has 0 saturated heterocycles. The van der Waals surface area contributed by atoms with Gasteiger partial charge in [0.05, 0.1) is 6.61 Å². The molecule has 0 radical (unpaired) electrons. The SMILES string of the molecule is CCCCCNN(CC)CCO. The Morgan fingerprint density at radius 2 is 2.00 bits per heavy atom. The highest BCUT2D eigenvalue weighted by atomic mass is 16.3. The van der Waals surface area contributed by atoms with Crippen molar-refractivity contribution in [1.82, 2.24) is 10.4 Å². The number of hydrazine groups is 1. The third-order valence-electron chi connectivity index (χ3n) is 1.87. The Labute approximate surface area is 75.7 Å². The summed E-state index contributed by atoms with van der Waals surface area (Å²) in [6.07, 6.45) is 3.76. The summed E-state index contributed by atoms with van der Waals surface area (Å²) in [6.45, 7) is 7.22. The summed E-state index contributed by atoms with van der Waals surface area (Å²) in [4.78, 5) is 0. The lowest BCUT2D eigenvalue weighted by Crippen LogP contribution is -2.40. The second kappa shape index (κ2) is 8.97.